The van der Waals surface area contributed by atoms with Gasteiger partial charge in [0.1, 0.15) is 12.3 Å². The number of likely N-dealkylation sites (tertiary alicyclic amines) is 1. The third-order valence-electron chi connectivity index (χ3n) is 7.04. The number of halogens is 3. The second-order valence-electron chi connectivity index (χ2n) is 9.96. The fourth-order valence-corrected chi connectivity index (χ4v) is 5.56. The van der Waals surface area contributed by atoms with Gasteiger partial charge in [0.15, 0.2) is 9.84 Å². The maximum atomic E-state index is 13.6. The molecule has 1 aliphatic heterocycles. The SMILES string of the molecule is CCC(=N)N1CCC(Nc2cccc3c2cc(C#CCNc2ccc(S(C)(=O)=O)cc2OC)n3CC(F)(F)F)CC1. The largest absolute Gasteiger partial charge is 0.495 e. The van der Waals surface area contributed by atoms with Gasteiger partial charge in [-0.2, -0.15) is 13.2 Å². The van der Waals surface area contributed by atoms with Crippen LogP contribution in [0.1, 0.15) is 31.9 Å². The predicted molar refractivity (Wildman–Crippen MR) is 156 cm³/mol. The van der Waals surface area contributed by atoms with Crippen molar-refractivity contribution in [3.8, 4) is 17.6 Å². The van der Waals surface area contributed by atoms with Crippen molar-refractivity contribution < 1.29 is 26.3 Å². The first-order valence-electron chi connectivity index (χ1n) is 13.3. The van der Waals surface area contributed by atoms with E-state index in [2.05, 4.69) is 27.4 Å². The number of amidine groups is 1. The zero-order valence-corrected chi connectivity index (χ0v) is 24.0. The summed E-state index contributed by atoms with van der Waals surface area (Å²) < 4.78 is 70.8. The highest BCUT2D eigenvalue weighted by molar-refractivity contribution is 7.90. The summed E-state index contributed by atoms with van der Waals surface area (Å²) in [4.78, 5) is 2.17. The molecule has 0 saturated carbocycles. The Bertz CT molecular complexity index is 1580. The zero-order valence-electron chi connectivity index (χ0n) is 23.2. The molecule has 0 atom stereocenters. The number of alkyl halides is 3. The molecule has 0 bridgehead atoms. The molecule has 1 fully saturated rings. The Kier molecular flexibility index (Phi) is 9.07. The van der Waals surface area contributed by atoms with Crippen molar-refractivity contribution in [2.75, 3.05) is 43.6 Å². The number of sulfone groups is 1. The fourth-order valence-electron chi connectivity index (χ4n) is 4.92. The number of anilines is 2. The molecule has 3 aromatic rings. The minimum Gasteiger partial charge on any atom is -0.495 e. The van der Waals surface area contributed by atoms with Crippen LogP contribution in [-0.4, -0.2) is 68.9 Å². The Balaban J connectivity index is 1.56. The first kappa shape index (κ1) is 30.1. The third kappa shape index (κ3) is 7.47. The number of hydrogen-bond acceptors (Lipinski definition) is 6. The lowest BCUT2D eigenvalue weighted by Gasteiger charge is -2.34. The molecule has 0 spiro atoms. The Morgan fingerprint density at radius 3 is 2.51 bits per heavy atom. The van der Waals surface area contributed by atoms with Crippen LogP contribution in [0.5, 0.6) is 5.75 Å². The lowest BCUT2D eigenvalue weighted by molar-refractivity contribution is -0.140. The lowest BCUT2D eigenvalue weighted by atomic mass is 10.0. The maximum absolute atomic E-state index is 13.6. The van der Waals surface area contributed by atoms with E-state index >= 15 is 0 Å². The Morgan fingerprint density at radius 1 is 1.15 bits per heavy atom. The van der Waals surface area contributed by atoms with Crippen LogP contribution in [0.2, 0.25) is 0 Å². The first-order chi connectivity index (χ1) is 19.4. The summed E-state index contributed by atoms with van der Waals surface area (Å²) in [6.07, 6.45) is -0.990. The molecule has 0 unspecified atom stereocenters. The van der Waals surface area contributed by atoms with Crippen LogP contribution >= 0.6 is 0 Å². The van der Waals surface area contributed by atoms with E-state index in [1.165, 1.54) is 23.8 Å². The van der Waals surface area contributed by atoms with Crippen molar-refractivity contribution in [3.05, 3.63) is 48.2 Å². The fraction of sp³-hybridized carbons (Fsp3) is 0.414. The summed E-state index contributed by atoms with van der Waals surface area (Å²) in [6, 6.07) is 11.5. The maximum Gasteiger partial charge on any atom is 0.406 e. The molecular weight excluding hydrogens is 555 g/mol. The minimum absolute atomic E-state index is 0.0958. The quantitative estimate of drug-likeness (QED) is 0.186. The van der Waals surface area contributed by atoms with Crippen molar-refractivity contribution in [1.82, 2.24) is 9.47 Å². The number of rotatable bonds is 8. The molecule has 41 heavy (non-hydrogen) atoms. The van der Waals surface area contributed by atoms with E-state index < -0.39 is 22.6 Å². The average Bonchev–Trinajstić information content (AvgIpc) is 3.27. The summed E-state index contributed by atoms with van der Waals surface area (Å²) in [5, 5.41) is 15.3. The van der Waals surface area contributed by atoms with Gasteiger partial charge in [0.05, 0.1) is 41.3 Å². The summed E-state index contributed by atoms with van der Waals surface area (Å²) in [5.74, 6) is 6.70. The molecule has 0 amide bonds. The highest BCUT2D eigenvalue weighted by atomic mass is 32.2. The van der Waals surface area contributed by atoms with E-state index in [9.17, 15) is 21.6 Å². The van der Waals surface area contributed by atoms with E-state index in [0.717, 1.165) is 37.9 Å². The molecule has 8 nitrogen and oxygen atoms in total. The second kappa shape index (κ2) is 12.3. The number of fused-ring (bicyclic) bond motifs is 1. The van der Waals surface area contributed by atoms with E-state index in [-0.39, 0.29) is 23.2 Å². The molecule has 4 rings (SSSR count). The van der Waals surface area contributed by atoms with E-state index in [0.29, 0.717) is 34.6 Å². The van der Waals surface area contributed by atoms with Crippen molar-refractivity contribution in [1.29, 1.82) is 5.41 Å². The van der Waals surface area contributed by atoms with E-state index in [4.69, 9.17) is 10.1 Å². The molecule has 1 aromatic heterocycles. The molecule has 2 aromatic carbocycles. The summed E-state index contributed by atoms with van der Waals surface area (Å²) >= 11 is 0. The normalized spacial score (nSPS) is 14.4. The Labute approximate surface area is 238 Å². The number of nitrogens with one attached hydrogen (secondary N) is 3. The van der Waals surface area contributed by atoms with Gasteiger partial charge in [0, 0.05) is 48.9 Å². The lowest BCUT2D eigenvalue weighted by Crippen LogP contribution is -2.41. The number of ether oxygens (including phenoxy) is 1. The van der Waals surface area contributed by atoms with Gasteiger partial charge >= 0.3 is 6.18 Å². The number of aromatic nitrogens is 1. The summed E-state index contributed by atoms with van der Waals surface area (Å²) in [7, 11) is -2.00. The molecular formula is C29H34F3N5O3S. The van der Waals surface area contributed by atoms with Gasteiger partial charge in [-0.05, 0) is 49.1 Å². The van der Waals surface area contributed by atoms with Gasteiger partial charge in [-0.3, -0.25) is 5.41 Å². The second-order valence-corrected chi connectivity index (χ2v) is 12.0. The molecule has 220 valence electrons. The smallest absolute Gasteiger partial charge is 0.406 e. The number of hydrogen-bond donors (Lipinski definition) is 3. The standard InChI is InChI=1S/C29H34F3N5O3S/c1-4-28(33)36-15-12-20(13-16-36)35-24-8-5-9-26-23(24)17-21(37(26)19-29(30,31)32)7-6-14-34-25-11-10-22(41(3,38)39)18-27(25)40-2/h5,8-11,17-18,20,33-35H,4,12-16,19H2,1-3H3. The molecule has 0 aliphatic carbocycles. The van der Waals surface area contributed by atoms with Crippen molar-refractivity contribution in [2.45, 2.75) is 49.8 Å². The van der Waals surface area contributed by atoms with E-state index in [1.54, 1.807) is 24.3 Å². The third-order valence-corrected chi connectivity index (χ3v) is 8.15. The van der Waals surface area contributed by atoms with Crippen LogP contribution in [0, 0.1) is 17.3 Å². The predicted octanol–water partition coefficient (Wildman–Crippen LogP) is 5.34. The van der Waals surface area contributed by atoms with Gasteiger partial charge in [0.25, 0.3) is 0 Å². The molecule has 12 heteroatoms. The average molecular weight is 590 g/mol. The molecule has 2 heterocycles. The van der Waals surface area contributed by atoms with Gasteiger partial charge in [0.2, 0.25) is 0 Å². The van der Waals surface area contributed by atoms with Crippen LogP contribution in [0.4, 0.5) is 24.5 Å². The summed E-state index contributed by atoms with van der Waals surface area (Å²) in [6.45, 7) is 2.42. The van der Waals surface area contributed by atoms with Crippen LogP contribution in [0.15, 0.2) is 47.4 Å². The number of benzene rings is 2. The van der Waals surface area contributed by atoms with E-state index in [1.807, 2.05) is 13.0 Å². The van der Waals surface area contributed by atoms with Crippen LogP contribution < -0.4 is 15.4 Å². The minimum atomic E-state index is -4.44. The highest BCUT2D eigenvalue weighted by Crippen LogP contribution is 2.32. The molecule has 0 radical (unpaired) electrons. The van der Waals surface area contributed by atoms with Gasteiger partial charge < -0.3 is 24.8 Å². The monoisotopic (exact) mass is 589 g/mol. The zero-order chi connectivity index (χ0) is 29.8. The highest BCUT2D eigenvalue weighted by Gasteiger charge is 2.30. The van der Waals surface area contributed by atoms with Gasteiger partial charge in [-0.15, -0.1) is 0 Å². The van der Waals surface area contributed by atoms with Crippen molar-refractivity contribution >= 4 is 38.0 Å². The molecule has 3 N–H and O–H groups in total. The van der Waals surface area contributed by atoms with Gasteiger partial charge in [-0.1, -0.05) is 18.9 Å². The van der Waals surface area contributed by atoms with Crippen LogP contribution in [0.3, 0.4) is 0 Å². The number of piperidine rings is 1. The molecule has 1 aliphatic rings. The Morgan fingerprint density at radius 2 is 1.88 bits per heavy atom. The van der Waals surface area contributed by atoms with Crippen LogP contribution in [0.25, 0.3) is 10.9 Å². The van der Waals surface area contributed by atoms with Gasteiger partial charge in [-0.25, -0.2) is 8.42 Å². The molecule has 1 saturated heterocycles. The van der Waals surface area contributed by atoms with Crippen molar-refractivity contribution in [2.24, 2.45) is 0 Å². The van der Waals surface area contributed by atoms with Crippen molar-refractivity contribution in [3.63, 3.8) is 0 Å². The summed E-state index contributed by atoms with van der Waals surface area (Å²) in [5.41, 5.74) is 1.94. The number of methoxy groups -OCH3 is 1. The number of nitrogens with zero attached hydrogens (tertiary/aromatic N) is 2. The topological polar surface area (TPSA) is 99.4 Å². The van der Waals surface area contributed by atoms with Crippen LogP contribution in [-0.2, 0) is 16.4 Å². The Hall–Kier alpha value is -3.85. The first-order valence-corrected chi connectivity index (χ1v) is 15.2.